The van der Waals surface area contributed by atoms with Crippen molar-refractivity contribution in [3.8, 4) is 0 Å². The smallest absolute Gasteiger partial charge is 0.230 e. The minimum atomic E-state index is -3.15. The van der Waals surface area contributed by atoms with E-state index in [1.54, 1.807) is 11.8 Å². The number of rotatable bonds is 6. The van der Waals surface area contributed by atoms with Crippen LogP contribution in [-0.2, 0) is 14.8 Å². The quantitative estimate of drug-likeness (QED) is 0.769. The Hall–Kier alpha value is -0.370. The summed E-state index contributed by atoms with van der Waals surface area (Å²) in [4.78, 5) is 14.4. The van der Waals surface area contributed by atoms with Crippen LogP contribution < -0.4 is 5.73 Å². The predicted molar refractivity (Wildman–Crippen MR) is 86.9 cm³/mol. The van der Waals surface area contributed by atoms with E-state index in [2.05, 4.69) is 0 Å². The third kappa shape index (κ3) is 4.31. The van der Waals surface area contributed by atoms with Crippen molar-refractivity contribution in [2.45, 2.75) is 33.6 Å². The molecule has 1 saturated heterocycles. The van der Waals surface area contributed by atoms with Crippen LogP contribution in [0, 0.1) is 5.41 Å². The maximum atomic E-state index is 12.6. The molecule has 2 N–H and O–H groups in total. The van der Waals surface area contributed by atoms with E-state index < -0.39 is 15.4 Å². The Balaban J connectivity index is 0.00000400. The van der Waals surface area contributed by atoms with E-state index in [1.807, 2.05) is 13.8 Å². The molecule has 1 fully saturated rings. The zero-order valence-corrected chi connectivity index (χ0v) is 14.8. The van der Waals surface area contributed by atoms with Gasteiger partial charge in [0.25, 0.3) is 0 Å². The molecule has 0 aromatic carbocycles. The molecule has 0 unspecified atom stereocenters. The van der Waals surface area contributed by atoms with Crippen LogP contribution in [0.4, 0.5) is 0 Å². The Morgan fingerprint density at radius 1 is 1.10 bits per heavy atom. The number of hydrogen-bond donors (Lipinski definition) is 1. The zero-order valence-electron chi connectivity index (χ0n) is 13.2. The molecule has 1 heterocycles. The number of nitrogens with two attached hydrogens (primary N) is 1. The van der Waals surface area contributed by atoms with E-state index >= 15 is 0 Å². The molecule has 0 aromatic heterocycles. The lowest BCUT2D eigenvalue weighted by Gasteiger charge is -2.39. The lowest BCUT2D eigenvalue weighted by atomic mass is 9.81. The van der Waals surface area contributed by atoms with Gasteiger partial charge in [-0.05, 0) is 19.8 Å². The van der Waals surface area contributed by atoms with Gasteiger partial charge in [-0.1, -0.05) is 13.8 Å². The maximum absolute atomic E-state index is 12.6. The highest BCUT2D eigenvalue weighted by Gasteiger charge is 2.38. The molecular weight excluding hydrogens is 314 g/mol. The van der Waals surface area contributed by atoms with Crippen molar-refractivity contribution in [1.82, 2.24) is 9.21 Å². The van der Waals surface area contributed by atoms with Gasteiger partial charge in [-0.15, -0.1) is 12.4 Å². The average molecular weight is 342 g/mol. The monoisotopic (exact) mass is 341 g/mol. The predicted octanol–water partition coefficient (Wildman–Crippen LogP) is 0.667. The van der Waals surface area contributed by atoms with Crippen LogP contribution in [0.5, 0.6) is 0 Å². The molecule has 1 aliphatic heterocycles. The standard InChI is InChI=1S/C13H27N3O3S.ClH/c1-4-13(5-2,11-14)12(17)15-7-9-16(10-8-15)20(18,19)6-3;/h4-11,14H2,1-3H3;1H. The number of hydrogen-bond acceptors (Lipinski definition) is 4. The van der Waals surface area contributed by atoms with Crippen molar-refractivity contribution >= 4 is 28.3 Å². The van der Waals surface area contributed by atoms with Gasteiger partial charge in [0.2, 0.25) is 15.9 Å². The maximum Gasteiger partial charge on any atom is 0.230 e. The van der Waals surface area contributed by atoms with E-state index in [4.69, 9.17) is 5.73 Å². The molecule has 0 spiro atoms. The third-order valence-electron chi connectivity index (χ3n) is 4.48. The Kier molecular flexibility index (Phi) is 8.17. The summed E-state index contributed by atoms with van der Waals surface area (Å²) in [6, 6.07) is 0. The Bertz CT molecular complexity index is 422. The summed E-state index contributed by atoms with van der Waals surface area (Å²) < 4.78 is 25.1. The van der Waals surface area contributed by atoms with Gasteiger partial charge in [0, 0.05) is 32.7 Å². The summed E-state index contributed by atoms with van der Waals surface area (Å²) in [6.45, 7) is 7.62. The molecule has 0 radical (unpaired) electrons. The van der Waals surface area contributed by atoms with Gasteiger partial charge in [0.15, 0.2) is 0 Å². The van der Waals surface area contributed by atoms with Crippen molar-refractivity contribution in [2.75, 3.05) is 38.5 Å². The first-order valence-corrected chi connectivity index (χ1v) is 8.95. The van der Waals surface area contributed by atoms with Crippen molar-refractivity contribution < 1.29 is 13.2 Å². The summed E-state index contributed by atoms with van der Waals surface area (Å²) >= 11 is 0. The van der Waals surface area contributed by atoms with Gasteiger partial charge in [-0.2, -0.15) is 4.31 Å². The highest BCUT2D eigenvalue weighted by Crippen LogP contribution is 2.28. The minimum Gasteiger partial charge on any atom is -0.340 e. The molecular formula is C13H28ClN3O3S. The molecule has 0 saturated carbocycles. The number of carbonyl (C=O) groups is 1. The van der Waals surface area contributed by atoms with Crippen LogP contribution in [0.15, 0.2) is 0 Å². The first kappa shape index (κ1) is 20.6. The second-order valence-electron chi connectivity index (χ2n) is 5.28. The van der Waals surface area contributed by atoms with Crippen LogP contribution in [0.25, 0.3) is 0 Å². The Labute approximate surface area is 134 Å². The highest BCUT2D eigenvalue weighted by atomic mass is 35.5. The summed E-state index contributed by atoms with van der Waals surface area (Å²) in [5.74, 6) is 0.177. The molecule has 1 rings (SSSR count). The fourth-order valence-electron chi connectivity index (χ4n) is 2.62. The van der Waals surface area contributed by atoms with Gasteiger partial charge in [0.1, 0.15) is 0 Å². The number of carbonyl (C=O) groups excluding carboxylic acids is 1. The highest BCUT2D eigenvalue weighted by molar-refractivity contribution is 7.89. The van der Waals surface area contributed by atoms with Crippen LogP contribution >= 0.6 is 12.4 Å². The normalized spacial score (nSPS) is 17.4. The number of halogens is 1. The van der Waals surface area contributed by atoms with Crippen LogP contribution in [0.3, 0.4) is 0 Å². The largest absolute Gasteiger partial charge is 0.340 e. The fraction of sp³-hybridized carbons (Fsp3) is 0.923. The van der Waals surface area contributed by atoms with Crippen LogP contribution in [0.2, 0.25) is 0 Å². The molecule has 126 valence electrons. The molecule has 0 aromatic rings. The van der Waals surface area contributed by atoms with E-state index in [0.29, 0.717) is 45.6 Å². The minimum absolute atomic E-state index is 0. The van der Waals surface area contributed by atoms with Gasteiger partial charge in [-0.25, -0.2) is 8.42 Å². The van der Waals surface area contributed by atoms with Gasteiger partial charge < -0.3 is 10.6 Å². The van der Waals surface area contributed by atoms with Gasteiger partial charge in [-0.3, -0.25) is 4.79 Å². The first-order chi connectivity index (χ1) is 9.36. The van der Waals surface area contributed by atoms with Crippen molar-refractivity contribution in [2.24, 2.45) is 11.1 Å². The number of nitrogens with zero attached hydrogens (tertiary/aromatic N) is 2. The van der Waals surface area contributed by atoms with Gasteiger partial charge >= 0.3 is 0 Å². The van der Waals surface area contributed by atoms with Crippen molar-refractivity contribution in [1.29, 1.82) is 0 Å². The van der Waals surface area contributed by atoms with Gasteiger partial charge in [0.05, 0.1) is 11.2 Å². The molecule has 21 heavy (non-hydrogen) atoms. The topological polar surface area (TPSA) is 83.7 Å². The second-order valence-corrected chi connectivity index (χ2v) is 7.54. The summed E-state index contributed by atoms with van der Waals surface area (Å²) in [5, 5.41) is 0. The van der Waals surface area contributed by atoms with Crippen molar-refractivity contribution in [3.05, 3.63) is 0 Å². The zero-order chi connectivity index (χ0) is 15.4. The molecule has 0 atom stereocenters. The molecule has 6 nitrogen and oxygen atoms in total. The average Bonchev–Trinajstić information content (AvgIpc) is 2.49. The van der Waals surface area contributed by atoms with E-state index in [1.165, 1.54) is 4.31 Å². The lowest BCUT2D eigenvalue weighted by Crippen LogP contribution is -2.55. The van der Waals surface area contributed by atoms with Crippen LogP contribution in [-0.4, -0.2) is 62.0 Å². The molecule has 0 bridgehead atoms. The summed E-state index contributed by atoms with van der Waals surface area (Å²) in [6.07, 6.45) is 1.43. The van der Waals surface area contributed by atoms with E-state index in [0.717, 1.165) is 0 Å². The number of sulfonamides is 1. The number of piperazine rings is 1. The third-order valence-corrected chi connectivity index (χ3v) is 6.36. The summed E-state index contributed by atoms with van der Waals surface area (Å²) in [7, 11) is -3.15. The summed E-state index contributed by atoms with van der Waals surface area (Å²) in [5.41, 5.74) is 5.31. The fourth-order valence-corrected chi connectivity index (χ4v) is 3.70. The van der Waals surface area contributed by atoms with Crippen molar-refractivity contribution in [3.63, 3.8) is 0 Å². The second kappa shape index (κ2) is 8.31. The van der Waals surface area contributed by atoms with E-state index in [-0.39, 0.29) is 24.1 Å². The Morgan fingerprint density at radius 2 is 1.57 bits per heavy atom. The first-order valence-electron chi connectivity index (χ1n) is 7.34. The molecule has 0 aliphatic carbocycles. The lowest BCUT2D eigenvalue weighted by molar-refractivity contribution is -0.143. The molecule has 8 heteroatoms. The SMILES string of the molecule is CCC(CC)(CN)C(=O)N1CCN(S(=O)(=O)CC)CC1.Cl. The van der Waals surface area contributed by atoms with Crippen LogP contribution in [0.1, 0.15) is 33.6 Å². The Morgan fingerprint density at radius 3 is 1.90 bits per heavy atom. The number of amides is 1. The van der Waals surface area contributed by atoms with E-state index in [9.17, 15) is 13.2 Å². The molecule has 1 aliphatic rings. The molecule has 1 amide bonds.